The largest absolute Gasteiger partial charge is 0.466 e. The lowest BCUT2D eigenvalue weighted by atomic mass is 10.0. The molecule has 0 aromatic heterocycles. The quantitative estimate of drug-likeness (QED) is 0.0320. The SMILES string of the molecule is CCCCCCC/C=C\CCCCCCCC(=O)OCCCCCCCCCCCCCC/C=C\CCCCCCCCCCCCCCCCC(=O)NC(CO)C(O)/C=C/CCCCCCCCCCCCCCCCCCCC. The Bertz CT molecular complexity index is 1310. The van der Waals surface area contributed by atoms with Gasteiger partial charge in [0.25, 0.3) is 0 Å². The molecule has 0 aromatic rings. The summed E-state index contributed by atoms with van der Waals surface area (Å²) in [6, 6.07) is -0.628. The predicted molar refractivity (Wildman–Crippen MR) is 356 cm³/mol. The number of aliphatic hydroxyl groups is 2. The van der Waals surface area contributed by atoms with Crippen LogP contribution in [0, 0.1) is 0 Å². The second-order valence-corrected chi connectivity index (χ2v) is 25.3. The molecular formula is C75H143NO5. The van der Waals surface area contributed by atoms with E-state index in [2.05, 4.69) is 43.5 Å². The van der Waals surface area contributed by atoms with E-state index in [0.717, 1.165) is 44.9 Å². The van der Waals surface area contributed by atoms with Crippen LogP contribution < -0.4 is 5.32 Å². The van der Waals surface area contributed by atoms with Gasteiger partial charge < -0.3 is 20.3 Å². The fourth-order valence-electron chi connectivity index (χ4n) is 11.5. The van der Waals surface area contributed by atoms with Crippen LogP contribution in [-0.4, -0.2) is 47.4 Å². The van der Waals surface area contributed by atoms with Crippen molar-refractivity contribution in [2.75, 3.05) is 13.2 Å². The molecule has 0 spiro atoms. The summed E-state index contributed by atoms with van der Waals surface area (Å²) >= 11 is 0. The monoisotopic (exact) mass is 1140 g/mol. The number of nitrogens with one attached hydrogen (secondary N) is 1. The van der Waals surface area contributed by atoms with Gasteiger partial charge in [-0.1, -0.05) is 346 Å². The van der Waals surface area contributed by atoms with Gasteiger partial charge >= 0.3 is 5.97 Å². The number of hydrogen-bond acceptors (Lipinski definition) is 5. The van der Waals surface area contributed by atoms with Crippen molar-refractivity contribution in [1.29, 1.82) is 0 Å². The van der Waals surface area contributed by atoms with Gasteiger partial charge in [0.05, 0.1) is 25.4 Å². The molecule has 0 saturated heterocycles. The zero-order valence-corrected chi connectivity index (χ0v) is 54.8. The zero-order chi connectivity index (χ0) is 58.5. The van der Waals surface area contributed by atoms with Crippen molar-refractivity contribution in [2.24, 2.45) is 0 Å². The Hall–Kier alpha value is -1.92. The summed E-state index contributed by atoms with van der Waals surface area (Å²) in [5.74, 6) is -0.0541. The number of esters is 1. The molecule has 0 rings (SSSR count). The highest BCUT2D eigenvalue weighted by atomic mass is 16.5. The van der Waals surface area contributed by atoms with E-state index >= 15 is 0 Å². The summed E-state index contributed by atoms with van der Waals surface area (Å²) in [4.78, 5) is 24.6. The van der Waals surface area contributed by atoms with Gasteiger partial charge in [0.1, 0.15) is 0 Å². The van der Waals surface area contributed by atoms with Crippen LogP contribution in [0.15, 0.2) is 36.5 Å². The lowest BCUT2D eigenvalue weighted by Crippen LogP contribution is -2.45. The van der Waals surface area contributed by atoms with Gasteiger partial charge in [0.15, 0.2) is 0 Å². The van der Waals surface area contributed by atoms with Crippen molar-refractivity contribution in [1.82, 2.24) is 5.32 Å². The summed E-state index contributed by atoms with van der Waals surface area (Å²) < 4.78 is 5.49. The minimum atomic E-state index is -0.844. The molecule has 81 heavy (non-hydrogen) atoms. The van der Waals surface area contributed by atoms with Crippen LogP contribution in [0.4, 0.5) is 0 Å². The maximum Gasteiger partial charge on any atom is 0.305 e. The van der Waals surface area contributed by atoms with Crippen molar-refractivity contribution in [2.45, 2.75) is 418 Å². The molecule has 0 bridgehead atoms. The van der Waals surface area contributed by atoms with Crippen LogP contribution in [-0.2, 0) is 14.3 Å². The Balaban J connectivity index is 3.39. The van der Waals surface area contributed by atoms with E-state index < -0.39 is 12.1 Å². The van der Waals surface area contributed by atoms with Crippen LogP contribution >= 0.6 is 0 Å². The topological polar surface area (TPSA) is 95.9 Å². The maximum absolute atomic E-state index is 12.5. The van der Waals surface area contributed by atoms with Gasteiger partial charge in [-0.25, -0.2) is 0 Å². The van der Waals surface area contributed by atoms with Crippen molar-refractivity contribution < 1.29 is 24.5 Å². The van der Waals surface area contributed by atoms with E-state index in [9.17, 15) is 19.8 Å². The van der Waals surface area contributed by atoms with Crippen LogP contribution in [0.25, 0.3) is 0 Å². The normalized spacial score (nSPS) is 12.7. The first-order chi connectivity index (χ1) is 40.0. The summed E-state index contributed by atoms with van der Waals surface area (Å²) in [6.45, 7) is 4.93. The van der Waals surface area contributed by atoms with Crippen molar-refractivity contribution in [3.8, 4) is 0 Å². The van der Waals surface area contributed by atoms with Crippen LogP contribution in [0.1, 0.15) is 406 Å². The van der Waals surface area contributed by atoms with Gasteiger partial charge in [0.2, 0.25) is 5.91 Å². The minimum Gasteiger partial charge on any atom is -0.466 e. The third-order valence-corrected chi connectivity index (χ3v) is 17.1. The minimum absolute atomic E-state index is 0.00871. The first-order valence-electron chi connectivity index (χ1n) is 36.8. The van der Waals surface area contributed by atoms with E-state index in [1.54, 1.807) is 6.08 Å². The molecule has 0 fully saturated rings. The number of hydrogen-bond donors (Lipinski definition) is 3. The smallest absolute Gasteiger partial charge is 0.305 e. The summed E-state index contributed by atoms with van der Waals surface area (Å²) in [7, 11) is 0. The molecule has 0 aromatic carbocycles. The van der Waals surface area contributed by atoms with E-state index in [1.165, 1.54) is 334 Å². The Morgan fingerprint density at radius 2 is 0.580 bits per heavy atom. The Morgan fingerprint density at radius 3 is 0.877 bits per heavy atom. The Labute approximate surface area is 506 Å². The molecule has 2 unspecified atom stereocenters. The number of aliphatic hydroxyl groups excluding tert-OH is 2. The van der Waals surface area contributed by atoms with Crippen molar-refractivity contribution in [3.63, 3.8) is 0 Å². The Morgan fingerprint density at radius 1 is 0.333 bits per heavy atom. The van der Waals surface area contributed by atoms with Gasteiger partial charge in [-0.3, -0.25) is 9.59 Å². The predicted octanol–water partition coefficient (Wildman–Crippen LogP) is 23.9. The number of unbranched alkanes of at least 4 members (excludes halogenated alkanes) is 54. The molecular weight excluding hydrogens is 995 g/mol. The van der Waals surface area contributed by atoms with Crippen LogP contribution in [0.5, 0.6) is 0 Å². The average Bonchev–Trinajstić information content (AvgIpc) is 3.47. The number of amides is 1. The summed E-state index contributed by atoms with van der Waals surface area (Å²) in [5.41, 5.74) is 0. The molecule has 0 saturated carbocycles. The van der Waals surface area contributed by atoms with E-state index in [0.29, 0.717) is 19.4 Å². The van der Waals surface area contributed by atoms with Gasteiger partial charge in [-0.05, 0) is 83.5 Å². The number of carbonyl (C=O) groups is 2. The van der Waals surface area contributed by atoms with E-state index in [1.807, 2.05) is 6.08 Å². The van der Waals surface area contributed by atoms with Crippen molar-refractivity contribution >= 4 is 11.9 Å². The Kier molecular flexibility index (Phi) is 68.9. The average molecular weight is 1140 g/mol. The molecule has 1 amide bonds. The number of rotatable bonds is 69. The second-order valence-electron chi connectivity index (χ2n) is 25.3. The first kappa shape index (κ1) is 79.1. The molecule has 6 nitrogen and oxygen atoms in total. The lowest BCUT2D eigenvalue weighted by Gasteiger charge is -2.20. The first-order valence-corrected chi connectivity index (χ1v) is 36.8. The van der Waals surface area contributed by atoms with Crippen LogP contribution in [0.2, 0.25) is 0 Å². The zero-order valence-electron chi connectivity index (χ0n) is 54.8. The number of allylic oxidation sites excluding steroid dienone is 5. The molecule has 0 radical (unpaired) electrons. The lowest BCUT2D eigenvalue weighted by molar-refractivity contribution is -0.143. The van der Waals surface area contributed by atoms with Crippen LogP contribution in [0.3, 0.4) is 0 Å². The molecule has 2 atom stereocenters. The molecule has 0 heterocycles. The molecule has 0 aliphatic rings. The van der Waals surface area contributed by atoms with Gasteiger partial charge in [-0.15, -0.1) is 0 Å². The van der Waals surface area contributed by atoms with E-state index in [-0.39, 0.29) is 18.5 Å². The highest BCUT2D eigenvalue weighted by molar-refractivity contribution is 5.76. The third kappa shape index (κ3) is 67.1. The molecule has 478 valence electrons. The fraction of sp³-hybridized carbons (Fsp3) is 0.893. The number of ether oxygens (including phenoxy) is 1. The van der Waals surface area contributed by atoms with Gasteiger partial charge in [0, 0.05) is 12.8 Å². The fourth-order valence-corrected chi connectivity index (χ4v) is 11.5. The van der Waals surface area contributed by atoms with Crippen molar-refractivity contribution in [3.05, 3.63) is 36.5 Å². The standard InChI is InChI=1S/C75H143NO5/c1-3-5-7-9-11-13-15-17-19-20-21-34-37-40-43-47-51-55-59-63-67-73(78)72(71-77)76-74(79)68-64-60-56-52-48-44-41-38-35-32-30-28-26-24-22-23-25-27-29-31-33-36-39-42-46-50-54-58-62-66-70-81-75(80)69-65-61-57-53-49-45-18-16-14-12-10-8-6-4-2/h16,18,23,25,63,67,72-73,77-78H,3-15,17,19-22,24,26-62,64-66,68-71H2,1-2H3,(H,76,79)/b18-16-,25-23-,67-63+. The number of carbonyl (C=O) groups excluding carboxylic acids is 2. The molecule has 0 aliphatic carbocycles. The summed E-state index contributed by atoms with van der Waals surface area (Å²) in [5, 5.41) is 23.3. The highest BCUT2D eigenvalue weighted by Gasteiger charge is 2.18. The van der Waals surface area contributed by atoms with Gasteiger partial charge in [-0.2, -0.15) is 0 Å². The highest BCUT2D eigenvalue weighted by Crippen LogP contribution is 2.19. The summed E-state index contributed by atoms with van der Waals surface area (Å²) in [6.07, 6.45) is 90.9. The maximum atomic E-state index is 12.5. The molecule has 6 heteroatoms. The third-order valence-electron chi connectivity index (χ3n) is 17.1. The second kappa shape index (κ2) is 70.6. The van der Waals surface area contributed by atoms with E-state index in [4.69, 9.17) is 4.74 Å². The molecule has 3 N–H and O–H groups in total. The molecule has 0 aliphatic heterocycles.